The van der Waals surface area contributed by atoms with Gasteiger partial charge >= 0.3 is 0 Å². The van der Waals surface area contributed by atoms with E-state index in [1.165, 1.54) is 11.0 Å². The molecule has 2 aromatic heterocycles. The Kier molecular flexibility index (Phi) is 3.65. The fraction of sp³-hybridized carbons (Fsp3) is 0.167. The van der Waals surface area contributed by atoms with Crippen LogP contribution in [0.5, 0.6) is 0 Å². The van der Waals surface area contributed by atoms with Crippen molar-refractivity contribution in [3.63, 3.8) is 0 Å². The number of carbonyl (C=O) groups excluding carboxylic acids is 2. The first-order chi connectivity index (χ1) is 12.0. The molecule has 1 aliphatic rings. The number of aromatic nitrogens is 2. The van der Waals surface area contributed by atoms with Gasteiger partial charge in [0.2, 0.25) is 5.91 Å². The first kappa shape index (κ1) is 15.6. The maximum Gasteiger partial charge on any atom is 0.251 e. The fourth-order valence-electron chi connectivity index (χ4n) is 2.95. The Balaban J connectivity index is 1.66. The van der Waals surface area contributed by atoms with E-state index in [9.17, 15) is 9.59 Å². The highest BCUT2D eigenvalue weighted by molar-refractivity contribution is 7.17. The average molecular weight is 352 g/mol. The monoisotopic (exact) mass is 352 g/mol. The zero-order valence-corrected chi connectivity index (χ0v) is 14.6. The third-order valence-corrected chi connectivity index (χ3v) is 4.98. The molecular weight excluding hydrogens is 336 g/mol. The van der Waals surface area contributed by atoms with Gasteiger partial charge in [-0.25, -0.2) is 4.98 Å². The molecule has 0 spiro atoms. The maximum atomic E-state index is 12.7. The lowest BCUT2D eigenvalue weighted by Gasteiger charge is -2.28. The molecule has 1 aromatic carbocycles. The van der Waals surface area contributed by atoms with Crippen molar-refractivity contribution in [2.24, 2.45) is 0 Å². The van der Waals surface area contributed by atoms with Crippen LogP contribution in [-0.4, -0.2) is 27.7 Å². The predicted molar refractivity (Wildman–Crippen MR) is 99.0 cm³/mol. The number of benzene rings is 1. The van der Waals surface area contributed by atoms with Gasteiger partial charge in [0.25, 0.3) is 5.91 Å². The summed E-state index contributed by atoms with van der Waals surface area (Å²) in [6, 6.07) is 7.29. The lowest BCUT2D eigenvalue weighted by Crippen LogP contribution is -2.41. The number of hydrogen-bond acceptors (Lipinski definition) is 4. The van der Waals surface area contributed by atoms with Gasteiger partial charge in [0, 0.05) is 17.2 Å². The number of thiazole rings is 1. The highest BCUT2D eigenvalue weighted by Gasteiger charge is 2.25. The lowest BCUT2D eigenvalue weighted by atomic mass is 10.2. The topological polar surface area (TPSA) is 66.7 Å². The minimum Gasteiger partial charge on any atom is -0.323 e. The minimum absolute atomic E-state index is 0.0124. The lowest BCUT2D eigenvalue weighted by molar-refractivity contribution is -0.119. The maximum absolute atomic E-state index is 12.7. The Bertz CT molecular complexity index is 1030. The number of amides is 2. The molecule has 25 heavy (non-hydrogen) atoms. The van der Waals surface area contributed by atoms with Crippen LogP contribution >= 0.6 is 11.3 Å². The zero-order valence-electron chi connectivity index (χ0n) is 13.8. The van der Waals surface area contributed by atoms with E-state index in [0.717, 1.165) is 21.2 Å². The molecule has 0 atom stereocenters. The average Bonchev–Trinajstić information content (AvgIpc) is 3.06. The van der Waals surface area contributed by atoms with Crippen LogP contribution in [0.4, 0.5) is 11.4 Å². The van der Waals surface area contributed by atoms with Crippen LogP contribution in [0, 0.1) is 13.8 Å². The van der Waals surface area contributed by atoms with Gasteiger partial charge in [-0.3, -0.25) is 18.9 Å². The molecule has 6 nitrogen and oxygen atoms in total. The normalized spacial score (nSPS) is 14.2. The number of nitrogens with zero attached hydrogens (tertiary/aromatic N) is 3. The Hall–Kier alpha value is -2.93. The van der Waals surface area contributed by atoms with E-state index < -0.39 is 0 Å². The van der Waals surface area contributed by atoms with Crippen molar-refractivity contribution in [3.05, 3.63) is 52.8 Å². The van der Waals surface area contributed by atoms with E-state index in [2.05, 4.69) is 10.3 Å². The second kappa shape index (κ2) is 5.86. The highest BCUT2D eigenvalue weighted by Crippen LogP contribution is 2.29. The molecule has 0 fully saturated rings. The number of hydrogen-bond donors (Lipinski definition) is 1. The molecular formula is C18H16N4O2S. The predicted octanol–water partition coefficient (Wildman–Crippen LogP) is 3.01. The number of nitrogens with one attached hydrogen (secondary N) is 1. The summed E-state index contributed by atoms with van der Waals surface area (Å²) in [5, 5.41) is 2.78. The van der Waals surface area contributed by atoms with Crippen LogP contribution in [0.25, 0.3) is 11.0 Å². The molecule has 0 unspecified atom stereocenters. The fourth-order valence-corrected chi connectivity index (χ4v) is 3.83. The first-order valence-electron chi connectivity index (χ1n) is 7.86. The summed E-state index contributed by atoms with van der Waals surface area (Å²) in [6.07, 6.45) is 5.27. The summed E-state index contributed by atoms with van der Waals surface area (Å²) < 4.78 is 1.98. The first-order valence-corrected chi connectivity index (χ1v) is 8.68. The summed E-state index contributed by atoms with van der Waals surface area (Å²) in [7, 11) is 0. The molecule has 4 rings (SSSR count). The Morgan fingerprint density at radius 2 is 2.12 bits per heavy atom. The van der Waals surface area contributed by atoms with E-state index in [4.69, 9.17) is 0 Å². The molecule has 0 bridgehead atoms. The van der Waals surface area contributed by atoms with Gasteiger partial charge in [0.1, 0.15) is 6.54 Å². The zero-order chi connectivity index (χ0) is 17.6. The largest absolute Gasteiger partial charge is 0.323 e. The van der Waals surface area contributed by atoms with Crippen LogP contribution in [-0.2, 0) is 9.59 Å². The van der Waals surface area contributed by atoms with Crippen LogP contribution in [0.2, 0.25) is 0 Å². The summed E-state index contributed by atoms with van der Waals surface area (Å²) >= 11 is 1.61. The van der Waals surface area contributed by atoms with Crippen molar-refractivity contribution >= 4 is 45.6 Å². The Morgan fingerprint density at radius 1 is 1.32 bits per heavy atom. The summed E-state index contributed by atoms with van der Waals surface area (Å²) in [5.74, 6) is -0.430. The van der Waals surface area contributed by atoms with Crippen molar-refractivity contribution in [2.45, 2.75) is 13.8 Å². The summed E-state index contributed by atoms with van der Waals surface area (Å²) in [4.78, 5) is 32.6. The molecule has 7 heteroatoms. The van der Waals surface area contributed by atoms with E-state index in [-0.39, 0.29) is 18.4 Å². The van der Waals surface area contributed by atoms with Crippen molar-refractivity contribution < 1.29 is 9.59 Å². The second-order valence-electron chi connectivity index (χ2n) is 5.90. The smallest absolute Gasteiger partial charge is 0.251 e. The molecule has 3 aromatic rings. The SMILES string of the molecule is Cc1cn2c(/C=C/C(=O)N3CC(=O)Nc4ccccc43)c(C)nc2s1. The molecule has 0 aliphatic carbocycles. The van der Waals surface area contributed by atoms with Gasteiger partial charge in [-0.05, 0) is 32.1 Å². The number of aryl methyl sites for hydroxylation is 2. The third-order valence-electron chi connectivity index (χ3n) is 4.08. The van der Waals surface area contributed by atoms with Gasteiger partial charge in [-0.1, -0.05) is 12.1 Å². The number of para-hydroxylation sites is 2. The Labute approximate surface area is 148 Å². The molecule has 126 valence electrons. The number of fused-ring (bicyclic) bond motifs is 2. The van der Waals surface area contributed by atoms with Gasteiger partial charge in [-0.15, -0.1) is 11.3 Å². The highest BCUT2D eigenvalue weighted by atomic mass is 32.1. The van der Waals surface area contributed by atoms with E-state index in [1.807, 2.05) is 42.6 Å². The van der Waals surface area contributed by atoms with Crippen LogP contribution in [0.1, 0.15) is 16.3 Å². The van der Waals surface area contributed by atoms with Crippen molar-refractivity contribution in [3.8, 4) is 0 Å². The molecule has 2 amide bonds. The Morgan fingerprint density at radius 3 is 2.96 bits per heavy atom. The number of anilines is 2. The summed E-state index contributed by atoms with van der Waals surface area (Å²) in [5.41, 5.74) is 3.10. The van der Waals surface area contributed by atoms with Crippen molar-refractivity contribution in [2.75, 3.05) is 16.8 Å². The minimum atomic E-state index is -0.233. The number of carbonyl (C=O) groups is 2. The van der Waals surface area contributed by atoms with Gasteiger partial charge in [0.15, 0.2) is 4.96 Å². The molecule has 1 aliphatic heterocycles. The molecule has 0 saturated carbocycles. The molecule has 0 radical (unpaired) electrons. The second-order valence-corrected chi connectivity index (χ2v) is 7.11. The van der Waals surface area contributed by atoms with E-state index in [1.54, 1.807) is 23.5 Å². The van der Waals surface area contributed by atoms with Crippen molar-refractivity contribution in [1.29, 1.82) is 0 Å². The van der Waals surface area contributed by atoms with E-state index >= 15 is 0 Å². The van der Waals surface area contributed by atoms with Gasteiger partial charge < -0.3 is 5.32 Å². The number of imidazole rings is 1. The van der Waals surface area contributed by atoms with Crippen LogP contribution in [0.15, 0.2) is 36.5 Å². The molecule has 3 heterocycles. The quantitative estimate of drug-likeness (QED) is 0.721. The van der Waals surface area contributed by atoms with E-state index in [0.29, 0.717) is 11.4 Å². The molecule has 0 saturated heterocycles. The standard InChI is InChI=1S/C18H16N4O2S/c1-11-9-22-14(12(2)19-18(22)25-11)7-8-17(24)21-10-16(23)20-13-5-3-4-6-15(13)21/h3-9H,10H2,1-2H3,(H,20,23)/b8-7+. The third kappa shape index (κ3) is 2.72. The van der Waals surface area contributed by atoms with Crippen LogP contribution < -0.4 is 10.2 Å². The number of rotatable bonds is 2. The van der Waals surface area contributed by atoms with Gasteiger partial charge in [-0.2, -0.15) is 0 Å². The van der Waals surface area contributed by atoms with Gasteiger partial charge in [0.05, 0.1) is 22.8 Å². The van der Waals surface area contributed by atoms with Crippen molar-refractivity contribution in [1.82, 2.24) is 9.38 Å². The molecule has 1 N–H and O–H groups in total. The van der Waals surface area contributed by atoms with Crippen LogP contribution in [0.3, 0.4) is 0 Å². The summed E-state index contributed by atoms with van der Waals surface area (Å²) in [6.45, 7) is 3.96.